The highest BCUT2D eigenvalue weighted by atomic mass is 15.3. The van der Waals surface area contributed by atoms with Crippen molar-refractivity contribution in [1.29, 1.82) is 10.8 Å². The molecule has 0 spiro atoms. The van der Waals surface area contributed by atoms with Crippen molar-refractivity contribution in [1.82, 2.24) is 4.90 Å². The van der Waals surface area contributed by atoms with Crippen molar-refractivity contribution >= 4 is 11.8 Å². The van der Waals surface area contributed by atoms with Crippen LogP contribution in [0.25, 0.3) is 0 Å². The normalized spacial score (nSPS) is 18.7. The van der Waals surface area contributed by atoms with Gasteiger partial charge in [0.25, 0.3) is 0 Å². The summed E-state index contributed by atoms with van der Waals surface area (Å²) >= 11 is 0. The zero-order chi connectivity index (χ0) is 11.0. The minimum absolute atomic E-state index is 0.0233. The molecule has 1 aromatic carbocycles. The Morgan fingerprint density at radius 2 is 1.93 bits per heavy atom. The van der Waals surface area contributed by atoms with Gasteiger partial charge in [-0.15, -0.1) is 0 Å². The molecule has 0 fully saturated rings. The molecule has 0 aliphatic carbocycles. The highest BCUT2D eigenvalue weighted by Crippen LogP contribution is 2.32. The zero-order valence-corrected chi connectivity index (χ0v) is 8.20. The lowest BCUT2D eigenvalue weighted by molar-refractivity contribution is 0.405. The van der Waals surface area contributed by atoms with E-state index in [4.69, 9.17) is 22.3 Å². The fourth-order valence-electron chi connectivity index (χ4n) is 1.95. The van der Waals surface area contributed by atoms with Gasteiger partial charge < -0.3 is 16.4 Å². The molecule has 0 aromatic heterocycles. The maximum Gasteiger partial charge on any atom is 0.189 e. The fraction of sp³-hybridized carbons (Fsp3) is 0.200. The van der Waals surface area contributed by atoms with Gasteiger partial charge in [0.15, 0.2) is 5.96 Å². The highest BCUT2D eigenvalue weighted by Gasteiger charge is 2.32. The van der Waals surface area contributed by atoms with E-state index in [1.807, 2.05) is 24.3 Å². The lowest BCUT2D eigenvalue weighted by Gasteiger charge is -2.23. The molecule has 1 atom stereocenters. The first-order valence-corrected chi connectivity index (χ1v) is 4.63. The zero-order valence-electron chi connectivity index (χ0n) is 8.20. The number of nitrogens with zero attached hydrogens (tertiary/aromatic N) is 1. The summed E-state index contributed by atoms with van der Waals surface area (Å²) in [6.07, 6.45) is 0. The monoisotopic (exact) mass is 203 g/mol. The second-order valence-electron chi connectivity index (χ2n) is 3.57. The molecule has 1 aliphatic heterocycles. The summed E-state index contributed by atoms with van der Waals surface area (Å²) < 4.78 is 0. The lowest BCUT2D eigenvalue weighted by atomic mass is 10.0. The molecular formula is C10H13N5. The highest BCUT2D eigenvalue weighted by molar-refractivity contribution is 5.90. The van der Waals surface area contributed by atoms with Crippen LogP contribution in [0.2, 0.25) is 0 Å². The van der Waals surface area contributed by atoms with Crippen molar-refractivity contribution in [2.45, 2.75) is 12.6 Å². The molecule has 1 aliphatic rings. The van der Waals surface area contributed by atoms with Crippen molar-refractivity contribution in [2.75, 3.05) is 0 Å². The molecule has 2 rings (SSSR count). The molecule has 1 heterocycles. The van der Waals surface area contributed by atoms with Crippen molar-refractivity contribution in [3.8, 4) is 0 Å². The first kappa shape index (κ1) is 9.51. The number of hydrogen-bond donors (Lipinski definition) is 4. The van der Waals surface area contributed by atoms with E-state index >= 15 is 0 Å². The largest absolute Gasteiger partial charge is 0.386 e. The average molecular weight is 203 g/mol. The van der Waals surface area contributed by atoms with Gasteiger partial charge in [-0.1, -0.05) is 24.3 Å². The van der Waals surface area contributed by atoms with Crippen LogP contribution in [-0.4, -0.2) is 16.7 Å². The molecular weight excluding hydrogens is 190 g/mol. The molecule has 15 heavy (non-hydrogen) atoms. The van der Waals surface area contributed by atoms with E-state index in [9.17, 15) is 0 Å². The molecule has 5 heteroatoms. The maximum atomic E-state index is 7.53. The molecule has 1 unspecified atom stereocenters. The van der Waals surface area contributed by atoms with Gasteiger partial charge in [-0.3, -0.25) is 10.8 Å². The first-order valence-electron chi connectivity index (χ1n) is 4.63. The summed E-state index contributed by atoms with van der Waals surface area (Å²) in [5, 5.41) is 15.0. The van der Waals surface area contributed by atoms with E-state index in [0.29, 0.717) is 6.54 Å². The molecule has 5 nitrogen and oxygen atoms in total. The minimum Gasteiger partial charge on any atom is -0.386 e. The van der Waals surface area contributed by atoms with Crippen LogP contribution >= 0.6 is 0 Å². The van der Waals surface area contributed by atoms with Crippen LogP contribution in [-0.2, 0) is 6.54 Å². The van der Waals surface area contributed by atoms with E-state index < -0.39 is 0 Å². The third-order valence-electron chi connectivity index (χ3n) is 2.61. The van der Waals surface area contributed by atoms with Gasteiger partial charge in [0, 0.05) is 6.54 Å². The van der Waals surface area contributed by atoms with Crippen molar-refractivity contribution in [3.05, 3.63) is 35.4 Å². The summed E-state index contributed by atoms with van der Waals surface area (Å²) in [5.41, 5.74) is 13.0. The number of nitrogens with two attached hydrogens (primary N) is 2. The Morgan fingerprint density at radius 3 is 2.53 bits per heavy atom. The van der Waals surface area contributed by atoms with Crippen molar-refractivity contribution < 1.29 is 0 Å². The molecule has 0 amide bonds. The number of hydrogen-bond acceptors (Lipinski definition) is 2. The van der Waals surface area contributed by atoms with E-state index in [0.717, 1.165) is 11.1 Å². The van der Waals surface area contributed by atoms with E-state index in [1.165, 1.54) is 0 Å². The number of nitrogens with one attached hydrogen (secondary N) is 2. The van der Waals surface area contributed by atoms with Gasteiger partial charge in [-0.25, -0.2) is 0 Å². The Balaban J connectivity index is 2.46. The molecule has 0 saturated heterocycles. The summed E-state index contributed by atoms with van der Waals surface area (Å²) in [7, 11) is 0. The van der Waals surface area contributed by atoms with Crippen LogP contribution in [0.15, 0.2) is 24.3 Å². The average Bonchev–Trinajstić information content (AvgIpc) is 2.56. The van der Waals surface area contributed by atoms with Gasteiger partial charge in [0.1, 0.15) is 11.9 Å². The van der Waals surface area contributed by atoms with Gasteiger partial charge in [0.05, 0.1) is 0 Å². The summed E-state index contributed by atoms with van der Waals surface area (Å²) in [4.78, 5) is 1.62. The molecule has 6 N–H and O–H groups in total. The third kappa shape index (κ3) is 1.41. The van der Waals surface area contributed by atoms with Crippen LogP contribution in [0.4, 0.5) is 0 Å². The van der Waals surface area contributed by atoms with E-state index in [-0.39, 0.29) is 17.8 Å². The molecule has 1 aromatic rings. The first-order chi connectivity index (χ1) is 7.11. The molecule has 0 bridgehead atoms. The lowest BCUT2D eigenvalue weighted by Crippen LogP contribution is -2.40. The maximum absolute atomic E-state index is 7.53. The molecule has 0 radical (unpaired) electrons. The number of benzene rings is 1. The van der Waals surface area contributed by atoms with Crippen molar-refractivity contribution in [3.63, 3.8) is 0 Å². The summed E-state index contributed by atoms with van der Waals surface area (Å²) in [5.74, 6) is -0.0263. The van der Waals surface area contributed by atoms with Crippen molar-refractivity contribution in [2.24, 2.45) is 11.5 Å². The standard InChI is InChI=1S/C10H13N5/c11-9(12)8-7-4-2-1-3-6(7)5-15(8)10(13)14/h1-4,8H,5H2,(H3,11,12)(H3,13,14). The van der Waals surface area contributed by atoms with E-state index in [1.54, 1.807) is 4.90 Å². The smallest absolute Gasteiger partial charge is 0.189 e. The number of amidine groups is 1. The Kier molecular flexibility index (Phi) is 2.07. The van der Waals surface area contributed by atoms with E-state index in [2.05, 4.69) is 0 Å². The van der Waals surface area contributed by atoms with Crippen LogP contribution < -0.4 is 11.5 Å². The second kappa shape index (κ2) is 3.27. The molecule has 0 saturated carbocycles. The second-order valence-corrected chi connectivity index (χ2v) is 3.57. The SMILES string of the molecule is N=C(N)C1c2ccccc2CN1C(=N)N. The van der Waals surface area contributed by atoms with Crippen LogP contribution in [0.3, 0.4) is 0 Å². The van der Waals surface area contributed by atoms with Gasteiger partial charge in [0.2, 0.25) is 0 Å². The summed E-state index contributed by atoms with van der Waals surface area (Å²) in [6, 6.07) is 7.34. The topological polar surface area (TPSA) is 103 Å². The minimum atomic E-state index is -0.376. The van der Waals surface area contributed by atoms with Crippen LogP contribution in [0.5, 0.6) is 0 Å². The quantitative estimate of drug-likeness (QED) is 0.391. The predicted molar refractivity (Wildman–Crippen MR) is 58.6 cm³/mol. The predicted octanol–water partition coefficient (Wildman–Crippen LogP) is 0.373. The summed E-state index contributed by atoms with van der Waals surface area (Å²) in [6.45, 7) is 0.551. The third-order valence-corrected chi connectivity index (χ3v) is 2.61. The number of guanidine groups is 1. The molecule has 78 valence electrons. The van der Waals surface area contributed by atoms with Gasteiger partial charge >= 0.3 is 0 Å². The number of fused-ring (bicyclic) bond motifs is 1. The number of rotatable bonds is 1. The Labute approximate surface area is 87.7 Å². The fourth-order valence-corrected chi connectivity index (χ4v) is 1.95. The Hall–Kier alpha value is -2.04. The van der Waals surface area contributed by atoms with Crippen LogP contribution in [0.1, 0.15) is 17.2 Å². The van der Waals surface area contributed by atoms with Crippen LogP contribution in [0, 0.1) is 10.8 Å². The Morgan fingerprint density at radius 1 is 1.27 bits per heavy atom. The van der Waals surface area contributed by atoms with Gasteiger partial charge in [-0.2, -0.15) is 0 Å². The Bertz CT molecular complexity index is 426. The van der Waals surface area contributed by atoms with Gasteiger partial charge in [-0.05, 0) is 11.1 Å².